The van der Waals surface area contributed by atoms with E-state index >= 15 is 0 Å². The van der Waals surface area contributed by atoms with Gasteiger partial charge in [-0.1, -0.05) is 42.5 Å². The Morgan fingerprint density at radius 3 is 2.18 bits per heavy atom. The zero-order valence-electron chi connectivity index (χ0n) is 18.6. The van der Waals surface area contributed by atoms with Gasteiger partial charge in [-0.15, -0.1) is 0 Å². The van der Waals surface area contributed by atoms with Crippen LogP contribution in [0.3, 0.4) is 0 Å². The molecule has 8 heteroatoms. The van der Waals surface area contributed by atoms with E-state index in [2.05, 4.69) is 4.90 Å². The molecule has 2 saturated heterocycles. The summed E-state index contributed by atoms with van der Waals surface area (Å²) in [6.45, 7) is 4.89. The van der Waals surface area contributed by atoms with Crippen molar-refractivity contribution in [3.63, 3.8) is 0 Å². The molecule has 0 radical (unpaired) electrons. The predicted octanol–water partition coefficient (Wildman–Crippen LogP) is 1.57. The van der Waals surface area contributed by atoms with E-state index in [0.717, 1.165) is 5.56 Å². The molecule has 0 N–H and O–H groups in total. The van der Waals surface area contributed by atoms with Gasteiger partial charge in [0, 0.05) is 39.3 Å². The van der Waals surface area contributed by atoms with Gasteiger partial charge >= 0.3 is 0 Å². The van der Waals surface area contributed by atoms with Crippen LogP contribution in [0.2, 0.25) is 0 Å². The SMILES string of the molecule is O=C([C@H](c1ccccc1)N1CCN(C(=O)[C@H]2COc3ccccc3O2)CC1)N1CCOCC1. The van der Waals surface area contributed by atoms with Crippen LogP contribution in [-0.4, -0.2) is 91.7 Å². The van der Waals surface area contributed by atoms with Crippen LogP contribution in [0, 0.1) is 0 Å². The van der Waals surface area contributed by atoms with Crippen LogP contribution in [0.15, 0.2) is 54.6 Å². The maximum absolute atomic E-state index is 13.5. The van der Waals surface area contributed by atoms with E-state index in [-0.39, 0.29) is 24.5 Å². The third-order valence-electron chi connectivity index (χ3n) is 6.45. The van der Waals surface area contributed by atoms with Crippen LogP contribution >= 0.6 is 0 Å². The summed E-state index contributed by atoms with van der Waals surface area (Å²) < 4.78 is 17.1. The standard InChI is InChI=1S/C25H29N3O5/c29-24(22-18-32-20-8-4-5-9-21(20)33-22)27-12-10-26(11-13-27)23(19-6-2-1-3-7-19)25(30)28-14-16-31-17-15-28/h1-9,22-23H,10-18H2/t22-,23+/m1/s1. The van der Waals surface area contributed by atoms with E-state index in [9.17, 15) is 9.59 Å². The quantitative estimate of drug-likeness (QED) is 0.703. The lowest BCUT2D eigenvalue weighted by atomic mass is 10.0. The van der Waals surface area contributed by atoms with E-state index in [0.29, 0.717) is 64.0 Å². The molecular weight excluding hydrogens is 422 g/mol. The normalized spacial score (nSPS) is 22.0. The second-order valence-corrected chi connectivity index (χ2v) is 8.48. The molecule has 0 unspecified atom stereocenters. The highest BCUT2D eigenvalue weighted by atomic mass is 16.6. The molecule has 2 aromatic carbocycles. The Bertz CT molecular complexity index is 971. The summed E-state index contributed by atoms with van der Waals surface area (Å²) in [7, 11) is 0. The Balaban J connectivity index is 1.25. The van der Waals surface area contributed by atoms with Crippen molar-refractivity contribution >= 4 is 11.8 Å². The number of ether oxygens (including phenoxy) is 3. The summed E-state index contributed by atoms with van der Waals surface area (Å²) >= 11 is 0. The molecular formula is C25H29N3O5. The number of rotatable bonds is 4. The second-order valence-electron chi connectivity index (χ2n) is 8.48. The highest BCUT2D eigenvalue weighted by Gasteiger charge is 2.37. The minimum atomic E-state index is -0.647. The lowest BCUT2D eigenvalue weighted by molar-refractivity contribution is -0.146. The van der Waals surface area contributed by atoms with Gasteiger partial charge < -0.3 is 24.0 Å². The number of hydrogen-bond acceptors (Lipinski definition) is 6. The van der Waals surface area contributed by atoms with Gasteiger partial charge in [-0.05, 0) is 17.7 Å². The third-order valence-corrected chi connectivity index (χ3v) is 6.45. The summed E-state index contributed by atoms with van der Waals surface area (Å²) in [5, 5.41) is 0. The lowest BCUT2D eigenvalue weighted by Crippen LogP contribution is -2.56. The molecule has 3 heterocycles. The Morgan fingerprint density at radius 1 is 0.788 bits per heavy atom. The number of morpholine rings is 1. The first-order valence-corrected chi connectivity index (χ1v) is 11.5. The molecule has 0 saturated carbocycles. The molecule has 0 spiro atoms. The van der Waals surface area contributed by atoms with Crippen LogP contribution in [0.4, 0.5) is 0 Å². The van der Waals surface area contributed by atoms with Crippen LogP contribution in [0.1, 0.15) is 11.6 Å². The fourth-order valence-corrected chi connectivity index (χ4v) is 4.65. The second kappa shape index (κ2) is 9.80. The van der Waals surface area contributed by atoms with Crippen LogP contribution in [0.25, 0.3) is 0 Å². The summed E-state index contributed by atoms with van der Waals surface area (Å²) in [5.41, 5.74) is 0.981. The van der Waals surface area contributed by atoms with Crippen molar-refractivity contribution in [3.05, 3.63) is 60.2 Å². The maximum atomic E-state index is 13.5. The minimum absolute atomic E-state index is 0.0695. The lowest BCUT2D eigenvalue weighted by Gasteiger charge is -2.41. The molecule has 174 valence electrons. The molecule has 0 aliphatic carbocycles. The third kappa shape index (κ3) is 4.67. The molecule has 2 fully saturated rings. The van der Waals surface area contributed by atoms with E-state index in [1.807, 2.05) is 64.4 Å². The molecule has 0 aromatic heterocycles. The molecule has 2 amide bonds. The molecule has 2 aromatic rings. The first-order valence-electron chi connectivity index (χ1n) is 11.5. The number of carbonyl (C=O) groups is 2. The van der Waals surface area contributed by atoms with E-state index in [1.54, 1.807) is 0 Å². The number of benzene rings is 2. The van der Waals surface area contributed by atoms with E-state index in [4.69, 9.17) is 14.2 Å². The molecule has 2 atom stereocenters. The Morgan fingerprint density at radius 2 is 1.45 bits per heavy atom. The van der Waals surface area contributed by atoms with Crippen molar-refractivity contribution in [2.24, 2.45) is 0 Å². The molecule has 33 heavy (non-hydrogen) atoms. The van der Waals surface area contributed by atoms with Crippen molar-refractivity contribution in [1.82, 2.24) is 14.7 Å². The van der Waals surface area contributed by atoms with Gasteiger partial charge in [0.25, 0.3) is 5.91 Å². The number of para-hydroxylation sites is 2. The van der Waals surface area contributed by atoms with Crippen molar-refractivity contribution in [1.29, 1.82) is 0 Å². The van der Waals surface area contributed by atoms with Crippen molar-refractivity contribution in [2.45, 2.75) is 12.1 Å². The predicted molar refractivity (Wildman–Crippen MR) is 121 cm³/mol. The molecule has 8 nitrogen and oxygen atoms in total. The van der Waals surface area contributed by atoms with E-state index < -0.39 is 6.10 Å². The van der Waals surface area contributed by atoms with Gasteiger partial charge in [-0.3, -0.25) is 14.5 Å². The van der Waals surface area contributed by atoms with Gasteiger partial charge in [0.2, 0.25) is 12.0 Å². The fraction of sp³-hybridized carbons (Fsp3) is 0.440. The Hall–Kier alpha value is -3.10. The highest BCUT2D eigenvalue weighted by Crippen LogP contribution is 2.32. The average Bonchev–Trinajstić information content (AvgIpc) is 2.89. The number of hydrogen-bond donors (Lipinski definition) is 0. The number of piperazine rings is 1. The zero-order chi connectivity index (χ0) is 22.6. The van der Waals surface area contributed by atoms with Gasteiger partial charge in [0.1, 0.15) is 12.6 Å². The number of amides is 2. The van der Waals surface area contributed by atoms with E-state index in [1.165, 1.54) is 0 Å². The first kappa shape index (κ1) is 21.7. The Kier molecular flexibility index (Phi) is 6.46. The maximum Gasteiger partial charge on any atom is 0.267 e. The highest BCUT2D eigenvalue weighted by molar-refractivity contribution is 5.84. The Labute approximate surface area is 193 Å². The largest absolute Gasteiger partial charge is 0.485 e. The summed E-state index contributed by atoms with van der Waals surface area (Å²) in [6.07, 6.45) is -0.647. The smallest absolute Gasteiger partial charge is 0.267 e. The number of carbonyl (C=O) groups excluding carboxylic acids is 2. The minimum Gasteiger partial charge on any atom is -0.485 e. The summed E-state index contributed by atoms with van der Waals surface area (Å²) in [5.74, 6) is 1.30. The molecule has 5 rings (SSSR count). The monoisotopic (exact) mass is 451 g/mol. The van der Waals surface area contributed by atoms with Crippen LogP contribution in [-0.2, 0) is 14.3 Å². The van der Waals surface area contributed by atoms with Crippen LogP contribution in [0.5, 0.6) is 11.5 Å². The van der Waals surface area contributed by atoms with Gasteiger partial charge in [-0.25, -0.2) is 0 Å². The van der Waals surface area contributed by atoms with Gasteiger partial charge in [0.05, 0.1) is 13.2 Å². The summed E-state index contributed by atoms with van der Waals surface area (Å²) in [6, 6.07) is 16.9. The van der Waals surface area contributed by atoms with Crippen LogP contribution < -0.4 is 9.47 Å². The topological polar surface area (TPSA) is 71.6 Å². The van der Waals surface area contributed by atoms with Crippen molar-refractivity contribution in [3.8, 4) is 11.5 Å². The van der Waals surface area contributed by atoms with Gasteiger partial charge in [0.15, 0.2) is 11.5 Å². The first-order chi connectivity index (χ1) is 16.2. The van der Waals surface area contributed by atoms with Gasteiger partial charge in [-0.2, -0.15) is 0 Å². The number of nitrogens with zero attached hydrogens (tertiary/aromatic N) is 3. The average molecular weight is 452 g/mol. The summed E-state index contributed by atoms with van der Waals surface area (Å²) in [4.78, 5) is 32.5. The van der Waals surface area contributed by atoms with Crippen molar-refractivity contribution < 1.29 is 23.8 Å². The molecule has 0 bridgehead atoms. The fourth-order valence-electron chi connectivity index (χ4n) is 4.65. The molecule has 3 aliphatic heterocycles. The number of fused-ring (bicyclic) bond motifs is 1. The molecule has 3 aliphatic rings. The zero-order valence-corrected chi connectivity index (χ0v) is 18.6. The van der Waals surface area contributed by atoms with Crippen molar-refractivity contribution in [2.75, 3.05) is 59.1 Å².